The molecule has 0 bridgehead atoms. The van der Waals surface area contributed by atoms with Gasteiger partial charge in [-0.15, -0.1) is 0 Å². The highest BCUT2D eigenvalue weighted by molar-refractivity contribution is 5.81. The van der Waals surface area contributed by atoms with Crippen molar-refractivity contribution in [2.24, 2.45) is 10.9 Å². The van der Waals surface area contributed by atoms with Gasteiger partial charge in [-0.3, -0.25) is 4.99 Å². The van der Waals surface area contributed by atoms with Gasteiger partial charge >= 0.3 is 0 Å². The Labute approximate surface area is 74.6 Å². The molecule has 1 aliphatic rings. The Hall–Kier alpha value is -0.730. The van der Waals surface area contributed by atoms with Crippen molar-refractivity contribution in [3.8, 4) is 0 Å². The molecule has 0 unspecified atom stereocenters. The van der Waals surface area contributed by atoms with Crippen LogP contribution in [0.2, 0.25) is 0 Å². The number of nitrogens with zero attached hydrogens (tertiary/aromatic N) is 1. The van der Waals surface area contributed by atoms with Crippen molar-refractivity contribution in [1.29, 1.82) is 0 Å². The largest absolute Gasteiger partial charge is 0.356 e. The molecule has 0 radical (unpaired) electrons. The standard InChI is InChI=1S/C9H19N3/c1-8(2)4-3-5-10-9-11-6-7-12-9/h8H,3-7H2,1-2H3,(H2,10,11,12). The second-order valence-electron chi connectivity index (χ2n) is 3.62. The van der Waals surface area contributed by atoms with Gasteiger partial charge < -0.3 is 10.6 Å². The minimum atomic E-state index is 0.810. The summed E-state index contributed by atoms with van der Waals surface area (Å²) in [5.41, 5.74) is 0. The van der Waals surface area contributed by atoms with Crippen LogP contribution < -0.4 is 10.6 Å². The fourth-order valence-corrected chi connectivity index (χ4v) is 1.23. The van der Waals surface area contributed by atoms with Crippen LogP contribution in [-0.2, 0) is 0 Å². The monoisotopic (exact) mass is 169 g/mol. The van der Waals surface area contributed by atoms with Crippen molar-refractivity contribution >= 4 is 5.96 Å². The number of hydrogen-bond acceptors (Lipinski definition) is 3. The Kier molecular flexibility index (Phi) is 3.91. The van der Waals surface area contributed by atoms with Gasteiger partial charge in [-0.1, -0.05) is 13.8 Å². The third kappa shape index (κ3) is 3.60. The van der Waals surface area contributed by atoms with Gasteiger partial charge in [0.25, 0.3) is 0 Å². The van der Waals surface area contributed by atoms with Crippen LogP contribution in [-0.4, -0.2) is 25.6 Å². The fraction of sp³-hybridized carbons (Fsp3) is 0.889. The molecule has 3 nitrogen and oxygen atoms in total. The summed E-state index contributed by atoms with van der Waals surface area (Å²) < 4.78 is 0. The van der Waals surface area contributed by atoms with E-state index in [9.17, 15) is 0 Å². The molecule has 0 atom stereocenters. The van der Waals surface area contributed by atoms with Crippen LogP contribution in [0.15, 0.2) is 4.99 Å². The summed E-state index contributed by atoms with van der Waals surface area (Å²) in [6.07, 6.45) is 2.53. The minimum Gasteiger partial charge on any atom is -0.356 e. The third-order valence-corrected chi connectivity index (χ3v) is 1.92. The molecular weight excluding hydrogens is 150 g/mol. The molecule has 1 rings (SSSR count). The third-order valence-electron chi connectivity index (χ3n) is 1.92. The molecule has 0 aromatic carbocycles. The average molecular weight is 169 g/mol. The molecule has 1 aliphatic heterocycles. The van der Waals surface area contributed by atoms with Gasteiger partial charge in [0.1, 0.15) is 0 Å². The van der Waals surface area contributed by atoms with Crippen molar-refractivity contribution in [3.63, 3.8) is 0 Å². The van der Waals surface area contributed by atoms with Crippen molar-refractivity contribution in [1.82, 2.24) is 10.6 Å². The normalized spacial score (nSPS) is 16.1. The van der Waals surface area contributed by atoms with Crippen molar-refractivity contribution in [3.05, 3.63) is 0 Å². The van der Waals surface area contributed by atoms with Crippen LogP contribution in [0, 0.1) is 5.92 Å². The Balaban J connectivity index is 1.95. The SMILES string of the molecule is CC(C)CCCNC1=NCCN1. The van der Waals surface area contributed by atoms with E-state index >= 15 is 0 Å². The lowest BCUT2D eigenvalue weighted by Gasteiger charge is -2.07. The topological polar surface area (TPSA) is 36.4 Å². The first-order valence-electron chi connectivity index (χ1n) is 4.81. The summed E-state index contributed by atoms with van der Waals surface area (Å²) in [5, 5.41) is 6.46. The van der Waals surface area contributed by atoms with Gasteiger partial charge in [0.2, 0.25) is 0 Å². The van der Waals surface area contributed by atoms with Crippen LogP contribution in [0.1, 0.15) is 26.7 Å². The molecule has 0 aromatic heterocycles. The van der Waals surface area contributed by atoms with Crippen LogP contribution in [0.3, 0.4) is 0 Å². The molecule has 0 aliphatic carbocycles. The summed E-state index contributed by atoms with van der Waals surface area (Å²) in [7, 11) is 0. The van der Waals surface area contributed by atoms with Crippen molar-refractivity contribution in [2.75, 3.05) is 19.6 Å². The highest BCUT2D eigenvalue weighted by Crippen LogP contribution is 2.01. The second kappa shape index (κ2) is 5.01. The Bertz CT molecular complexity index is 152. The van der Waals surface area contributed by atoms with Gasteiger partial charge in [-0.05, 0) is 18.8 Å². The lowest BCUT2D eigenvalue weighted by Crippen LogP contribution is -2.34. The fourth-order valence-electron chi connectivity index (χ4n) is 1.23. The summed E-state index contributed by atoms with van der Waals surface area (Å²) in [6.45, 7) is 7.47. The lowest BCUT2D eigenvalue weighted by atomic mass is 10.1. The number of aliphatic imine (C=N–C) groups is 1. The molecule has 3 heteroatoms. The first-order valence-corrected chi connectivity index (χ1v) is 4.81. The Morgan fingerprint density at radius 2 is 2.42 bits per heavy atom. The van der Waals surface area contributed by atoms with Gasteiger partial charge in [-0.25, -0.2) is 0 Å². The highest BCUT2D eigenvalue weighted by Gasteiger charge is 2.02. The van der Waals surface area contributed by atoms with E-state index in [-0.39, 0.29) is 0 Å². The zero-order valence-electron chi connectivity index (χ0n) is 8.06. The smallest absolute Gasteiger partial charge is 0.191 e. The maximum absolute atomic E-state index is 4.25. The molecule has 0 aromatic rings. The van der Waals surface area contributed by atoms with Gasteiger partial charge in [0.15, 0.2) is 5.96 Å². The highest BCUT2D eigenvalue weighted by atomic mass is 15.2. The maximum Gasteiger partial charge on any atom is 0.191 e. The van der Waals surface area contributed by atoms with E-state index in [1.165, 1.54) is 12.8 Å². The first kappa shape index (κ1) is 9.36. The molecule has 2 N–H and O–H groups in total. The Morgan fingerprint density at radius 1 is 1.58 bits per heavy atom. The predicted molar refractivity (Wildman–Crippen MR) is 52.4 cm³/mol. The van der Waals surface area contributed by atoms with Gasteiger partial charge in [0, 0.05) is 13.1 Å². The van der Waals surface area contributed by atoms with Crippen LogP contribution in [0.4, 0.5) is 0 Å². The molecule has 0 saturated carbocycles. The average Bonchev–Trinajstić information content (AvgIpc) is 2.49. The summed E-state index contributed by atoms with van der Waals surface area (Å²) in [4.78, 5) is 4.25. The molecule has 12 heavy (non-hydrogen) atoms. The molecule has 0 saturated heterocycles. The van der Waals surface area contributed by atoms with E-state index in [0.29, 0.717) is 0 Å². The van der Waals surface area contributed by atoms with E-state index in [2.05, 4.69) is 29.5 Å². The second-order valence-corrected chi connectivity index (χ2v) is 3.62. The molecule has 70 valence electrons. The summed E-state index contributed by atoms with van der Waals surface area (Å²) >= 11 is 0. The zero-order chi connectivity index (χ0) is 8.81. The minimum absolute atomic E-state index is 0.810. The van der Waals surface area contributed by atoms with Crippen LogP contribution in [0.5, 0.6) is 0 Å². The van der Waals surface area contributed by atoms with E-state index in [4.69, 9.17) is 0 Å². The van der Waals surface area contributed by atoms with Gasteiger partial charge in [0.05, 0.1) is 6.54 Å². The van der Waals surface area contributed by atoms with Crippen molar-refractivity contribution in [2.45, 2.75) is 26.7 Å². The number of guanidine groups is 1. The van der Waals surface area contributed by atoms with E-state index in [1.54, 1.807) is 0 Å². The Morgan fingerprint density at radius 3 is 3.00 bits per heavy atom. The molecular formula is C9H19N3. The van der Waals surface area contributed by atoms with E-state index in [0.717, 1.165) is 31.5 Å². The van der Waals surface area contributed by atoms with Crippen molar-refractivity contribution < 1.29 is 0 Å². The van der Waals surface area contributed by atoms with Gasteiger partial charge in [-0.2, -0.15) is 0 Å². The van der Waals surface area contributed by atoms with E-state index in [1.807, 2.05) is 0 Å². The molecule has 0 spiro atoms. The quantitative estimate of drug-likeness (QED) is 0.615. The number of rotatable bonds is 4. The van der Waals surface area contributed by atoms with Crippen LogP contribution in [0.25, 0.3) is 0 Å². The summed E-state index contributed by atoms with van der Waals surface area (Å²) in [5.74, 6) is 1.80. The lowest BCUT2D eigenvalue weighted by molar-refractivity contribution is 0.550. The molecule has 1 heterocycles. The first-order chi connectivity index (χ1) is 5.79. The van der Waals surface area contributed by atoms with E-state index < -0.39 is 0 Å². The molecule has 0 amide bonds. The predicted octanol–water partition coefficient (Wildman–Crippen LogP) is 0.971. The number of nitrogens with one attached hydrogen (secondary N) is 2. The van der Waals surface area contributed by atoms with Crippen LogP contribution >= 0.6 is 0 Å². The number of hydrogen-bond donors (Lipinski definition) is 2. The maximum atomic E-state index is 4.25. The zero-order valence-corrected chi connectivity index (χ0v) is 8.06. The molecule has 0 fully saturated rings. The summed E-state index contributed by atoms with van der Waals surface area (Å²) in [6, 6.07) is 0.